The van der Waals surface area contributed by atoms with Crippen LogP contribution in [0.2, 0.25) is 0 Å². The predicted octanol–water partition coefficient (Wildman–Crippen LogP) is 2.04. The maximum absolute atomic E-state index is 12.5. The molecule has 0 bridgehead atoms. The number of rotatable bonds is 6. The van der Waals surface area contributed by atoms with Crippen molar-refractivity contribution in [3.8, 4) is 0 Å². The fraction of sp³-hybridized carbons (Fsp3) is 0.600. The molecule has 0 saturated heterocycles. The largest absolute Gasteiger partial charge is 0.389 e. The normalized spacial score (nSPS) is 18.1. The summed E-state index contributed by atoms with van der Waals surface area (Å²) in [5.41, 5.74) is 0.0273. The van der Waals surface area contributed by atoms with Crippen LogP contribution in [0.5, 0.6) is 0 Å². The second kappa shape index (κ2) is 6.34. The molecule has 0 atom stereocenters. The van der Waals surface area contributed by atoms with Crippen LogP contribution >= 0.6 is 0 Å². The molecule has 1 aromatic rings. The van der Waals surface area contributed by atoms with Crippen molar-refractivity contribution in [2.75, 3.05) is 25.5 Å². The molecule has 6 heteroatoms. The van der Waals surface area contributed by atoms with Gasteiger partial charge < -0.3 is 10.4 Å². The molecule has 1 aromatic carbocycles. The molecule has 0 spiro atoms. The molecule has 0 unspecified atom stereocenters. The Labute approximate surface area is 127 Å². The van der Waals surface area contributed by atoms with Gasteiger partial charge in [-0.25, -0.2) is 8.42 Å². The van der Waals surface area contributed by atoms with E-state index >= 15 is 0 Å². The number of aliphatic hydroxyl groups is 1. The van der Waals surface area contributed by atoms with Crippen LogP contribution in [-0.4, -0.2) is 43.6 Å². The summed E-state index contributed by atoms with van der Waals surface area (Å²) in [6.45, 7) is 2.93. The van der Waals surface area contributed by atoms with E-state index in [-0.39, 0.29) is 11.4 Å². The second-order valence-electron chi connectivity index (χ2n) is 5.75. The molecule has 0 heterocycles. The lowest BCUT2D eigenvalue weighted by molar-refractivity contribution is 0.0333. The minimum Gasteiger partial charge on any atom is -0.389 e. The maximum atomic E-state index is 12.5. The summed E-state index contributed by atoms with van der Waals surface area (Å²) in [6, 6.07) is 6.72. The molecule has 1 aliphatic rings. The summed E-state index contributed by atoms with van der Waals surface area (Å²) in [6.07, 6.45) is 3.27. The van der Waals surface area contributed by atoms with Gasteiger partial charge in [-0.15, -0.1) is 0 Å². The topological polar surface area (TPSA) is 69.6 Å². The molecule has 5 nitrogen and oxygen atoms in total. The zero-order chi connectivity index (χ0) is 15.5. The third kappa shape index (κ3) is 3.75. The van der Waals surface area contributed by atoms with Crippen LogP contribution < -0.4 is 5.32 Å². The molecule has 0 aromatic heterocycles. The van der Waals surface area contributed by atoms with Crippen molar-refractivity contribution in [1.82, 2.24) is 4.31 Å². The Balaban J connectivity index is 2.12. The highest BCUT2D eigenvalue weighted by Crippen LogP contribution is 2.31. The fourth-order valence-corrected chi connectivity index (χ4v) is 4.07. The van der Waals surface area contributed by atoms with E-state index in [4.69, 9.17) is 0 Å². The number of nitrogens with one attached hydrogen (secondary N) is 1. The van der Waals surface area contributed by atoms with Gasteiger partial charge in [-0.2, -0.15) is 4.31 Å². The number of hydrogen-bond donors (Lipinski definition) is 2. The Hall–Kier alpha value is -1.11. The van der Waals surface area contributed by atoms with Crippen LogP contribution in [0.25, 0.3) is 0 Å². The third-order valence-corrected chi connectivity index (χ3v) is 5.81. The van der Waals surface area contributed by atoms with E-state index in [0.717, 1.165) is 25.1 Å². The van der Waals surface area contributed by atoms with Gasteiger partial charge in [0.05, 0.1) is 10.5 Å². The zero-order valence-electron chi connectivity index (χ0n) is 12.7. The van der Waals surface area contributed by atoms with E-state index in [1.165, 1.54) is 11.4 Å². The number of likely N-dealkylation sites (N-methyl/N-ethyl adjacent to an activating group) is 1. The van der Waals surface area contributed by atoms with E-state index in [1.807, 2.05) is 6.92 Å². The van der Waals surface area contributed by atoms with Crippen molar-refractivity contribution in [2.24, 2.45) is 0 Å². The van der Waals surface area contributed by atoms with E-state index < -0.39 is 15.6 Å². The average molecular weight is 312 g/mol. The van der Waals surface area contributed by atoms with Gasteiger partial charge in [0.2, 0.25) is 10.0 Å². The Bertz CT molecular complexity index is 563. The molecule has 2 N–H and O–H groups in total. The van der Waals surface area contributed by atoms with Crippen molar-refractivity contribution < 1.29 is 13.5 Å². The number of sulfonamides is 1. The molecular weight excluding hydrogens is 288 g/mol. The number of anilines is 1. The predicted molar refractivity (Wildman–Crippen MR) is 83.8 cm³/mol. The molecule has 0 radical (unpaired) electrons. The van der Waals surface area contributed by atoms with Gasteiger partial charge >= 0.3 is 0 Å². The lowest BCUT2D eigenvalue weighted by atomic mass is 10.0. The van der Waals surface area contributed by atoms with Gasteiger partial charge in [-0.1, -0.05) is 12.8 Å². The standard InChI is InChI=1S/C15H24N2O3S/c1-3-16-13-6-8-14(9-7-13)21(19,20)17(2)12-15(18)10-4-5-11-15/h6-9,16,18H,3-5,10-12H2,1-2H3. The number of nitrogens with zero attached hydrogens (tertiary/aromatic N) is 1. The Morgan fingerprint density at radius 2 is 1.81 bits per heavy atom. The maximum Gasteiger partial charge on any atom is 0.242 e. The van der Waals surface area contributed by atoms with Crippen LogP contribution in [-0.2, 0) is 10.0 Å². The van der Waals surface area contributed by atoms with Gasteiger partial charge in [0.25, 0.3) is 0 Å². The molecule has 118 valence electrons. The summed E-state index contributed by atoms with van der Waals surface area (Å²) >= 11 is 0. The van der Waals surface area contributed by atoms with E-state index in [9.17, 15) is 13.5 Å². The van der Waals surface area contributed by atoms with Crippen LogP contribution in [0.3, 0.4) is 0 Å². The third-order valence-electron chi connectivity index (χ3n) is 3.99. The summed E-state index contributed by atoms with van der Waals surface area (Å²) in [7, 11) is -2.02. The lowest BCUT2D eigenvalue weighted by Crippen LogP contribution is -2.41. The Morgan fingerprint density at radius 3 is 2.33 bits per heavy atom. The first-order valence-corrected chi connectivity index (χ1v) is 8.84. The quantitative estimate of drug-likeness (QED) is 0.843. The van der Waals surface area contributed by atoms with Crippen molar-refractivity contribution >= 4 is 15.7 Å². The first kappa shape index (κ1) is 16.3. The second-order valence-corrected chi connectivity index (χ2v) is 7.79. The smallest absolute Gasteiger partial charge is 0.242 e. The minimum atomic E-state index is -3.55. The zero-order valence-corrected chi connectivity index (χ0v) is 13.5. The molecule has 0 aliphatic heterocycles. The average Bonchev–Trinajstić information content (AvgIpc) is 2.86. The Kier molecular flexibility index (Phi) is 4.91. The minimum absolute atomic E-state index is 0.157. The van der Waals surface area contributed by atoms with Crippen molar-refractivity contribution in [1.29, 1.82) is 0 Å². The summed E-state index contributed by atoms with van der Waals surface area (Å²) in [4.78, 5) is 0.258. The van der Waals surface area contributed by atoms with Crippen LogP contribution in [0.15, 0.2) is 29.2 Å². The summed E-state index contributed by atoms with van der Waals surface area (Å²) < 4.78 is 26.3. The van der Waals surface area contributed by atoms with Crippen LogP contribution in [0.1, 0.15) is 32.6 Å². The first-order chi connectivity index (χ1) is 9.87. The van der Waals surface area contributed by atoms with Crippen molar-refractivity contribution in [2.45, 2.75) is 43.1 Å². The highest BCUT2D eigenvalue weighted by molar-refractivity contribution is 7.89. The van der Waals surface area contributed by atoms with E-state index in [2.05, 4.69) is 5.32 Å². The number of benzene rings is 1. The molecule has 2 rings (SSSR count). The Morgan fingerprint density at radius 1 is 1.24 bits per heavy atom. The highest BCUT2D eigenvalue weighted by atomic mass is 32.2. The molecular formula is C15H24N2O3S. The molecule has 1 aliphatic carbocycles. The molecule has 0 amide bonds. The summed E-state index contributed by atoms with van der Waals surface area (Å²) in [5, 5.41) is 13.5. The van der Waals surface area contributed by atoms with Crippen LogP contribution in [0.4, 0.5) is 5.69 Å². The molecule has 21 heavy (non-hydrogen) atoms. The van der Waals surface area contributed by atoms with E-state index in [0.29, 0.717) is 12.8 Å². The van der Waals surface area contributed by atoms with E-state index in [1.54, 1.807) is 24.3 Å². The molecule has 1 fully saturated rings. The first-order valence-electron chi connectivity index (χ1n) is 7.40. The SMILES string of the molecule is CCNc1ccc(S(=O)(=O)N(C)CC2(O)CCCC2)cc1. The highest BCUT2D eigenvalue weighted by Gasteiger charge is 2.35. The van der Waals surface area contributed by atoms with Crippen LogP contribution in [0, 0.1) is 0 Å². The van der Waals surface area contributed by atoms with Crippen molar-refractivity contribution in [3.05, 3.63) is 24.3 Å². The van der Waals surface area contributed by atoms with Gasteiger partial charge in [-0.05, 0) is 44.0 Å². The summed E-state index contributed by atoms with van der Waals surface area (Å²) in [5.74, 6) is 0. The molecule has 1 saturated carbocycles. The van der Waals surface area contributed by atoms with Crippen molar-refractivity contribution in [3.63, 3.8) is 0 Å². The van der Waals surface area contributed by atoms with Gasteiger partial charge in [-0.3, -0.25) is 0 Å². The monoisotopic (exact) mass is 312 g/mol. The van der Waals surface area contributed by atoms with Gasteiger partial charge in [0.15, 0.2) is 0 Å². The lowest BCUT2D eigenvalue weighted by Gasteiger charge is -2.28. The van der Waals surface area contributed by atoms with Gasteiger partial charge in [0, 0.05) is 25.8 Å². The number of hydrogen-bond acceptors (Lipinski definition) is 4. The van der Waals surface area contributed by atoms with Gasteiger partial charge in [0.1, 0.15) is 0 Å². The fourth-order valence-electron chi connectivity index (χ4n) is 2.82.